The number of nitrogens with zero attached hydrogens (tertiary/aromatic N) is 2. The Morgan fingerprint density at radius 3 is 2.83 bits per heavy atom. The predicted molar refractivity (Wildman–Crippen MR) is 88.9 cm³/mol. The number of terminal acetylenes is 1. The molecule has 1 aromatic rings. The second-order valence-electron chi connectivity index (χ2n) is 4.88. The largest absolute Gasteiger partial charge is 0.363 e. The van der Waals surface area contributed by atoms with Crippen molar-refractivity contribution in [3.63, 3.8) is 0 Å². The van der Waals surface area contributed by atoms with E-state index in [4.69, 9.17) is 34.4 Å². The summed E-state index contributed by atoms with van der Waals surface area (Å²) in [6, 6.07) is -0.668. The summed E-state index contributed by atoms with van der Waals surface area (Å²) < 4.78 is 20.5. The van der Waals surface area contributed by atoms with Gasteiger partial charge in [0.2, 0.25) is 0 Å². The van der Waals surface area contributed by atoms with Crippen LogP contribution in [0.5, 0.6) is 0 Å². The molecular formula is C16H16Cl2FN3O. The van der Waals surface area contributed by atoms with Gasteiger partial charge in [-0.3, -0.25) is 5.32 Å². The third-order valence-corrected chi connectivity index (χ3v) is 4.31. The van der Waals surface area contributed by atoms with Gasteiger partial charge in [-0.05, 0) is 18.6 Å². The van der Waals surface area contributed by atoms with Gasteiger partial charge in [0.15, 0.2) is 5.60 Å². The Labute approximate surface area is 144 Å². The van der Waals surface area contributed by atoms with Crippen molar-refractivity contribution in [2.75, 3.05) is 13.7 Å². The lowest BCUT2D eigenvalue weighted by Crippen LogP contribution is -2.51. The molecule has 1 aliphatic rings. The van der Waals surface area contributed by atoms with Gasteiger partial charge in [0.25, 0.3) is 0 Å². The van der Waals surface area contributed by atoms with E-state index in [-0.39, 0.29) is 22.3 Å². The molecule has 2 rings (SSSR count). The van der Waals surface area contributed by atoms with Crippen LogP contribution in [-0.2, 0) is 16.8 Å². The van der Waals surface area contributed by atoms with Gasteiger partial charge in [-0.15, -0.1) is 6.42 Å². The minimum Gasteiger partial charge on any atom is -0.363 e. The molecule has 122 valence electrons. The van der Waals surface area contributed by atoms with Gasteiger partial charge < -0.3 is 4.74 Å². The van der Waals surface area contributed by atoms with Crippen LogP contribution in [0.4, 0.5) is 4.39 Å². The van der Waals surface area contributed by atoms with Gasteiger partial charge in [-0.2, -0.15) is 0 Å². The Morgan fingerprint density at radius 1 is 1.48 bits per heavy atom. The number of hydrogen-bond acceptors (Lipinski definition) is 4. The molecule has 2 unspecified atom stereocenters. The summed E-state index contributed by atoms with van der Waals surface area (Å²) in [7, 11) is 1.38. The number of aromatic nitrogens is 2. The van der Waals surface area contributed by atoms with Crippen molar-refractivity contribution < 1.29 is 9.13 Å². The number of rotatable bonds is 5. The minimum absolute atomic E-state index is 0.201. The quantitative estimate of drug-likeness (QED) is 0.824. The molecule has 0 bridgehead atoms. The Kier molecular flexibility index (Phi) is 5.77. The van der Waals surface area contributed by atoms with Gasteiger partial charge in [0.05, 0.1) is 23.3 Å². The van der Waals surface area contributed by atoms with E-state index in [2.05, 4.69) is 21.2 Å². The van der Waals surface area contributed by atoms with Crippen molar-refractivity contribution in [1.29, 1.82) is 0 Å². The molecule has 0 saturated heterocycles. The molecule has 1 heterocycles. The highest BCUT2D eigenvalue weighted by Crippen LogP contribution is 2.44. The van der Waals surface area contributed by atoms with Crippen molar-refractivity contribution in [2.45, 2.75) is 25.0 Å². The number of halogens is 3. The topological polar surface area (TPSA) is 47.0 Å². The van der Waals surface area contributed by atoms with E-state index in [0.717, 1.165) is 0 Å². The van der Waals surface area contributed by atoms with Crippen LogP contribution in [0.2, 0.25) is 5.02 Å². The third-order valence-electron chi connectivity index (χ3n) is 3.68. The zero-order chi connectivity index (χ0) is 17.0. The van der Waals surface area contributed by atoms with Crippen LogP contribution >= 0.6 is 23.2 Å². The number of hydrogen-bond donors (Lipinski definition) is 1. The summed E-state index contributed by atoms with van der Waals surface area (Å²) in [4.78, 5) is 8.28. The average Bonchev–Trinajstić information content (AvgIpc) is 2.54. The molecule has 2 atom stereocenters. The summed E-state index contributed by atoms with van der Waals surface area (Å²) in [5, 5.41) is 3.52. The molecule has 23 heavy (non-hydrogen) atoms. The summed E-state index contributed by atoms with van der Waals surface area (Å²) in [6.07, 6.45) is 10.0. The van der Waals surface area contributed by atoms with Crippen molar-refractivity contribution in [1.82, 2.24) is 15.3 Å². The Balaban J connectivity index is 2.65. The number of nitrogens with one attached hydrogen (secondary N) is 1. The molecule has 7 heteroatoms. The second-order valence-corrected chi connectivity index (χ2v) is 5.70. The SMILES string of the molecule is C#CCNC1C=C(Cl)C=C(F)C1(OC)c1ncnc(CC)c1Cl. The van der Waals surface area contributed by atoms with Crippen molar-refractivity contribution in [2.24, 2.45) is 0 Å². The van der Waals surface area contributed by atoms with Crippen LogP contribution in [0.15, 0.2) is 29.3 Å². The molecule has 0 fully saturated rings. The number of ether oxygens (including phenoxy) is 1. The molecule has 1 N–H and O–H groups in total. The molecule has 0 spiro atoms. The number of methoxy groups -OCH3 is 1. The Bertz CT molecular complexity index is 699. The lowest BCUT2D eigenvalue weighted by molar-refractivity contribution is -0.0235. The fraction of sp³-hybridized carbons (Fsp3) is 0.375. The maximum atomic E-state index is 14.9. The van der Waals surface area contributed by atoms with Crippen molar-refractivity contribution >= 4 is 23.2 Å². The average molecular weight is 356 g/mol. The van der Waals surface area contributed by atoms with E-state index in [1.807, 2.05) is 6.92 Å². The van der Waals surface area contributed by atoms with E-state index in [1.165, 1.54) is 19.5 Å². The number of aryl methyl sites for hydroxylation is 1. The van der Waals surface area contributed by atoms with Crippen LogP contribution in [0.3, 0.4) is 0 Å². The maximum Gasteiger partial charge on any atom is 0.181 e. The van der Waals surface area contributed by atoms with Crippen LogP contribution in [0.1, 0.15) is 18.3 Å². The minimum atomic E-state index is -1.56. The third kappa shape index (κ3) is 3.13. The second kappa shape index (κ2) is 7.41. The summed E-state index contributed by atoms with van der Waals surface area (Å²) in [5.74, 6) is 1.84. The Morgan fingerprint density at radius 2 is 2.22 bits per heavy atom. The van der Waals surface area contributed by atoms with Crippen LogP contribution in [0, 0.1) is 12.3 Å². The van der Waals surface area contributed by atoms with Crippen LogP contribution < -0.4 is 5.32 Å². The predicted octanol–water partition coefficient (Wildman–Crippen LogP) is 3.12. The monoisotopic (exact) mass is 355 g/mol. The summed E-state index contributed by atoms with van der Waals surface area (Å²) >= 11 is 12.4. The molecule has 1 aromatic heterocycles. The molecule has 0 amide bonds. The van der Waals surface area contributed by atoms with E-state index in [0.29, 0.717) is 12.1 Å². The van der Waals surface area contributed by atoms with Crippen LogP contribution in [-0.4, -0.2) is 29.7 Å². The molecule has 1 aliphatic carbocycles. The first-order valence-electron chi connectivity index (χ1n) is 6.98. The summed E-state index contributed by atoms with van der Waals surface area (Å²) in [5.41, 5.74) is -0.714. The number of allylic oxidation sites excluding steroid dienone is 2. The standard InChI is InChI=1S/C16H16Cl2FN3O/c1-4-6-20-13-8-10(17)7-12(19)16(13,23-3)15-14(18)11(5-2)21-9-22-15/h1,7-9,13,20H,5-6H2,2-3H3. The fourth-order valence-electron chi connectivity index (χ4n) is 2.57. The van der Waals surface area contributed by atoms with Gasteiger partial charge in [-0.25, -0.2) is 14.4 Å². The maximum absolute atomic E-state index is 14.9. The van der Waals surface area contributed by atoms with Crippen LogP contribution in [0.25, 0.3) is 0 Å². The van der Waals surface area contributed by atoms with Gasteiger partial charge in [-0.1, -0.05) is 36.0 Å². The van der Waals surface area contributed by atoms with E-state index < -0.39 is 17.5 Å². The highest BCUT2D eigenvalue weighted by atomic mass is 35.5. The summed E-state index contributed by atoms with van der Waals surface area (Å²) in [6.45, 7) is 2.10. The first kappa shape index (κ1) is 17.9. The lowest BCUT2D eigenvalue weighted by atomic mass is 9.84. The highest BCUT2D eigenvalue weighted by Gasteiger charge is 2.49. The fourth-order valence-corrected chi connectivity index (χ4v) is 3.16. The molecule has 0 aliphatic heterocycles. The molecule has 0 aromatic carbocycles. The van der Waals surface area contributed by atoms with E-state index >= 15 is 0 Å². The van der Waals surface area contributed by atoms with E-state index in [9.17, 15) is 4.39 Å². The lowest BCUT2D eigenvalue weighted by Gasteiger charge is -2.39. The zero-order valence-electron chi connectivity index (χ0n) is 12.7. The Hall–Kier alpha value is -1.45. The van der Waals surface area contributed by atoms with Crippen molar-refractivity contribution in [3.05, 3.63) is 45.7 Å². The van der Waals surface area contributed by atoms with Gasteiger partial charge in [0, 0.05) is 12.1 Å². The van der Waals surface area contributed by atoms with Gasteiger partial charge >= 0.3 is 0 Å². The normalized spacial score (nSPS) is 23.9. The van der Waals surface area contributed by atoms with Gasteiger partial charge in [0.1, 0.15) is 17.8 Å². The zero-order valence-corrected chi connectivity index (χ0v) is 14.2. The first-order valence-corrected chi connectivity index (χ1v) is 7.73. The molecule has 0 radical (unpaired) electrons. The van der Waals surface area contributed by atoms with E-state index in [1.54, 1.807) is 6.08 Å². The molecule has 0 saturated carbocycles. The highest BCUT2D eigenvalue weighted by molar-refractivity contribution is 6.32. The first-order chi connectivity index (χ1) is 11.0. The smallest absolute Gasteiger partial charge is 0.181 e. The van der Waals surface area contributed by atoms with Crippen molar-refractivity contribution in [3.8, 4) is 12.3 Å². The molecular weight excluding hydrogens is 340 g/mol. The molecule has 4 nitrogen and oxygen atoms in total.